The van der Waals surface area contributed by atoms with Crippen molar-refractivity contribution < 1.29 is 27.3 Å². The van der Waals surface area contributed by atoms with Crippen LogP contribution in [0.3, 0.4) is 0 Å². The summed E-state index contributed by atoms with van der Waals surface area (Å²) in [5, 5.41) is 10.7. The van der Waals surface area contributed by atoms with Crippen LogP contribution in [0.4, 0.5) is 17.1 Å². The summed E-state index contributed by atoms with van der Waals surface area (Å²) >= 11 is 7.14. The van der Waals surface area contributed by atoms with Crippen LogP contribution in [0.25, 0.3) is 0 Å². The first-order valence-electron chi connectivity index (χ1n) is 10.5. The van der Waals surface area contributed by atoms with Gasteiger partial charge in [0.25, 0.3) is 28.0 Å². The summed E-state index contributed by atoms with van der Waals surface area (Å²) in [6.07, 6.45) is 0.715. The second kappa shape index (κ2) is 10.3. The van der Waals surface area contributed by atoms with Gasteiger partial charge < -0.3 is 15.0 Å². The van der Waals surface area contributed by atoms with Crippen LogP contribution >= 0.6 is 22.9 Å². The van der Waals surface area contributed by atoms with Crippen molar-refractivity contribution in [1.29, 1.82) is 5.41 Å². The zero-order valence-electron chi connectivity index (χ0n) is 18.9. The number of ether oxygens (including phenoxy) is 1. The van der Waals surface area contributed by atoms with Crippen LogP contribution in [0.5, 0.6) is 0 Å². The van der Waals surface area contributed by atoms with Gasteiger partial charge in [-0.1, -0.05) is 17.7 Å². The minimum atomic E-state index is -3.67. The van der Waals surface area contributed by atoms with Gasteiger partial charge in [0.05, 0.1) is 28.6 Å². The number of nitrogens with one attached hydrogen (secondary N) is 2. The van der Waals surface area contributed by atoms with Gasteiger partial charge in [0.2, 0.25) is 0 Å². The topological polar surface area (TPSA) is 140 Å². The lowest BCUT2D eigenvalue weighted by Crippen LogP contribution is -2.25. The van der Waals surface area contributed by atoms with E-state index in [0.717, 1.165) is 16.9 Å². The molecule has 0 bridgehead atoms. The number of halogens is 1. The van der Waals surface area contributed by atoms with Gasteiger partial charge >= 0.3 is 0 Å². The molecule has 1 saturated heterocycles. The molecule has 2 amide bonds. The van der Waals surface area contributed by atoms with E-state index >= 15 is 0 Å². The van der Waals surface area contributed by atoms with E-state index < -0.39 is 10.1 Å². The molecule has 2 aliphatic heterocycles. The van der Waals surface area contributed by atoms with Gasteiger partial charge in [-0.25, -0.2) is 0 Å². The normalized spacial score (nSPS) is 14.8. The number of amides is 2. The fraction of sp³-hybridized carbons (Fsp3) is 0.174. The number of fused-ring (bicyclic) bond motifs is 1. The Hall–Kier alpha value is -3.45. The van der Waals surface area contributed by atoms with Crippen molar-refractivity contribution in [1.82, 2.24) is 0 Å². The molecule has 13 heteroatoms. The first-order valence-corrected chi connectivity index (χ1v) is 13.6. The molecule has 0 aliphatic carbocycles. The number of hydrogen-bond acceptors (Lipinski definition) is 7. The molecule has 5 rings (SSSR count). The highest BCUT2D eigenvalue weighted by molar-refractivity contribution is 7.85. The van der Waals surface area contributed by atoms with Crippen molar-refractivity contribution >= 4 is 68.0 Å². The number of anilines is 3. The number of hydrogen-bond donors (Lipinski definition) is 3. The number of amidine groups is 1. The van der Waals surface area contributed by atoms with E-state index in [9.17, 15) is 18.0 Å². The number of carbonyl (C=O) groups excluding carboxylic acids is 2. The third-order valence-electron chi connectivity index (χ3n) is 5.28. The molecular weight excluding hydrogens is 528 g/mol. The lowest BCUT2D eigenvalue weighted by atomic mass is 10.1. The summed E-state index contributed by atoms with van der Waals surface area (Å²) in [5.74, 6) is -0.369. The summed E-state index contributed by atoms with van der Waals surface area (Å²) in [4.78, 5) is 29.6. The molecular formula is C23H21ClN4O6S2. The maximum absolute atomic E-state index is 13.0. The largest absolute Gasteiger partial charge is 0.463 e. The second-order valence-electron chi connectivity index (χ2n) is 7.84. The molecule has 0 unspecified atom stereocenters. The van der Waals surface area contributed by atoms with Crippen LogP contribution in [0.15, 0.2) is 54.6 Å². The van der Waals surface area contributed by atoms with Crippen LogP contribution < -0.4 is 15.1 Å². The maximum Gasteiger partial charge on any atom is 0.289 e. The van der Waals surface area contributed by atoms with E-state index in [1.165, 1.54) is 11.3 Å². The maximum atomic E-state index is 13.0. The average Bonchev–Trinajstić information content (AvgIpc) is 3.52. The van der Waals surface area contributed by atoms with E-state index in [-0.39, 0.29) is 17.8 Å². The van der Waals surface area contributed by atoms with Crippen molar-refractivity contribution in [3.05, 3.63) is 74.9 Å². The Bertz CT molecular complexity index is 1430. The molecule has 3 aromatic rings. The molecule has 0 spiro atoms. The van der Waals surface area contributed by atoms with Gasteiger partial charge in [0, 0.05) is 28.2 Å². The highest BCUT2D eigenvalue weighted by atomic mass is 35.5. The molecule has 0 atom stereocenters. The van der Waals surface area contributed by atoms with E-state index in [1.807, 2.05) is 24.3 Å². The highest BCUT2D eigenvalue weighted by Crippen LogP contribution is 2.34. The summed E-state index contributed by atoms with van der Waals surface area (Å²) in [7, 11) is -3.67. The monoisotopic (exact) mass is 548 g/mol. The molecule has 3 heterocycles. The van der Waals surface area contributed by atoms with Gasteiger partial charge in [0.15, 0.2) is 0 Å². The van der Waals surface area contributed by atoms with Crippen molar-refractivity contribution in [3.63, 3.8) is 0 Å². The van der Waals surface area contributed by atoms with E-state index in [1.54, 1.807) is 40.1 Å². The second-order valence-corrected chi connectivity index (χ2v) is 11.0. The smallest absolute Gasteiger partial charge is 0.289 e. The zero-order valence-corrected chi connectivity index (χ0v) is 21.3. The molecule has 2 aliphatic rings. The number of rotatable bonds is 4. The summed E-state index contributed by atoms with van der Waals surface area (Å²) < 4.78 is 31.6. The summed E-state index contributed by atoms with van der Waals surface area (Å²) in [5.41, 5.74) is 3.56. The van der Waals surface area contributed by atoms with E-state index in [4.69, 9.17) is 26.3 Å². The molecule has 0 saturated carbocycles. The Morgan fingerprint density at radius 2 is 1.75 bits per heavy atom. The molecule has 1 fully saturated rings. The SMILES string of the molecule is CS(=O)(=O)O.N=C1OCCN1c1ccc(N2Cc3c(NC(=O)c4ccc(Cl)s4)cccc3C2=O)cc1. The first kappa shape index (κ1) is 25.6. The number of thiophene rings is 1. The number of nitrogens with zero attached hydrogens (tertiary/aromatic N) is 2. The first-order chi connectivity index (χ1) is 17.0. The Morgan fingerprint density at radius 3 is 2.31 bits per heavy atom. The van der Waals surface area contributed by atoms with Crippen LogP contribution in [-0.4, -0.2) is 50.2 Å². The van der Waals surface area contributed by atoms with Crippen molar-refractivity contribution in [2.24, 2.45) is 0 Å². The third-order valence-corrected chi connectivity index (χ3v) is 6.51. The van der Waals surface area contributed by atoms with Crippen molar-refractivity contribution in [2.45, 2.75) is 6.54 Å². The van der Waals surface area contributed by atoms with Gasteiger partial charge in [-0.3, -0.25) is 24.5 Å². The Labute approximate surface area is 216 Å². The van der Waals surface area contributed by atoms with E-state index in [0.29, 0.717) is 46.4 Å². The van der Waals surface area contributed by atoms with Gasteiger partial charge in [-0.05, 0) is 48.5 Å². The highest BCUT2D eigenvalue weighted by Gasteiger charge is 2.31. The van der Waals surface area contributed by atoms with Crippen LogP contribution in [0, 0.1) is 5.41 Å². The van der Waals surface area contributed by atoms with Crippen molar-refractivity contribution in [2.75, 3.05) is 34.5 Å². The van der Waals surface area contributed by atoms with Crippen LogP contribution in [-0.2, 0) is 21.4 Å². The quantitative estimate of drug-likeness (QED) is 0.417. The molecule has 1 aromatic heterocycles. The molecule has 10 nitrogen and oxygen atoms in total. The lowest BCUT2D eigenvalue weighted by Gasteiger charge is -2.19. The van der Waals surface area contributed by atoms with Gasteiger partial charge in [-0.15, -0.1) is 11.3 Å². The number of benzene rings is 2. The summed E-state index contributed by atoms with van der Waals surface area (Å²) in [6, 6.07) is 16.3. The van der Waals surface area contributed by atoms with Crippen LogP contribution in [0.2, 0.25) is 4.34 Å². The molecule has 188 valence electrons. The van der Waals surface area contributed by atoms with Crippen LogP contribution in [0.1, 0.15) is 25.6 Å². The zero-order chi connectivity index (χ0) is 26.0. The van der Waals surface area contributed by atoms with Crippen molar-refractivity contribution in [3.8, 4) is 0 Å². The predicted octanol–water partition coefficient (Wildman–Crippen LogP) is 4.09. The van der Waals surface area contributed by atoms with Gasteiger partial charge in [0.1, 0.15) is 6.61 Å². The standard InChI is InChI=1S/C22H17ClN4O3S.CH4O3S/c23-19-9-8-18(31-19)20(28)25-17-3-1-2-15-16(17)12-27(21(15)29)14-6-4-13(5-7-14)26-10-11-30-22(26)24;1-5(2,3)4/h1-9,24H,10-12H2,(H,25,28);1H3,(H,2,3,4). The fourth-order valence-electron chi connectivity index (χ4n) is 3.75. The third kappa shape index (κ3) is 5.85. The number of carbonyl (C=O) groups is 2. The Morgan fingerprint density at radius 1 is 1.11 bits per heavy atom. The fourth-order valence-corrected chi connectivity index (χ4v) is 4.69. The summed E-state index contributed by atoms with van der Waals surface area (Å²) in [6.45, 7) is 1.48. The van der Waals surface area contributed by atoms with Gasteiger partial charge in [-0.2, -0.15) is 8.42 Å². The lowest BCUT2D eigenvalue weighted by molar-refractivity contribution is 0.0994. The average molecular weight is 549 g/mol. The predicted molar refractivity (Wildman–Crippen MR) is 139 cm³/mol. The molecule has 0 radical (unpaired) electrons. The molecule has 2 aromatic carbocycles. The minimum absolute atomic E-state index is 0.115. The Kier molecular flexibility index (Phi) is 7.31. The molecule has 3 N–H and O–H groups in total. The minimum Gasteiger partial charge on any atom is -0.463 e. The Balaban J connectivity index is 0.000000556. The van der Waals surface area contributed by atoms with E-state index in [2.05, 4.69) is 5.32 Å². The molecule has 36 heavy (non-hydrogen) atoms.